The second-order valence-corrected chi connectivity index (χ2v) is 5.62. The van der Waals surface area contributed by atoms with E-state index in [1.165, 1.54) is 0 Å². The molecule has 0 spiro atoms. The number of aromatic amines is 1. The van der Waals surface area contributed by atoms with Gasteiger partial charge in [-0.25, -0.2) is 0 Å². The second-order valence-electron chi connectivity index (χ2n) is 5.22. The van der Waals surface area contributed by atoms with Crippen molar-refractivity contribution < 1.29 is 0 Å². The maximum Gasteiger partial charge on any atom is 0.197 e. The molecule has 1 aromatic heterocycles. The number of anilines is 1. The van der Waals surface area contributed by atoms with Crippen LogP contribution in [0.1, 0.15) is 5.56 Å². The lowest BCUT2D eigenvalue weighted by Crippen LogP contribution is -2.13. The van der Waals surface area contributed by atoms with Crippen molar-refractivity contribution in [2.75, 3.05) is 19.0 Å². The minimum atomic E-state index is 0.0357. The van der Waals surface area contributed by atoms with E-state index in [9.17, 15) is 4.79 Å². The Morgan fingerprint density at radius 1 is 1.10 bits per heavy atom. The standard InChI is InChI=1S/C16H15ClN2O/c1-9-4-5-10-13(8-9)18-14-11(16(10)20)6-7-12(17)15(14)19(2)3/h4-8H,1-3H3,(H,18,20). The highest BCUT2D eigenvalue weighted by Gasteiger charge is 2.13. The summed E-state index contributed by atoms with van der Waals surface area (Å²) in [6.07, 6.45) is 0. The number of H-pyrrole nitrogens is 1. The summed E-state index contributed by atoms with van der Waals surface area (Å²) in [6.45, 7) is 2.01. The molecule has 2 aromatic carbocycles. The molecular formula is C16H15ClN2O. The van der Waals surface area contributed by atoms with E-state index >= 15 is 0 Å². The highest BCUT2D eigenvalue weighted by atomic mass is 35.5. The van der Waals surface area contributed by atoms with Gasteiger partial charge in [0.05, 0.1) is 21.7 Å². The summed E-state index contributed by atoms with van der Waals surface area (Å²) in [5.41, 5.74) is 3.61. The van der Waals surface area contributed by atoms with Gasteiger partial charge in [0.15, 0.2) is 5.43 Å². The molecule has 0 radical (unpaired) electrons. The number of rotatable bonds is 1. The molecule has 0 fully saturated rings. The Morgan fingerprint density at radius 3 is 2.50 bits per heavy atom. The lowest BCUT2D eigenvalue weighted by Gasteiger charge is -2.17. The first-order chi connectivity index (χ1) is 9.49. The largest absolute Gasteiger partial charge is 0.375 e. The Morgan fingerprint density at radius 2 is 1.80 bits per heavy atom. The smallest absolute Gasteiger partial charge is 0.197 e. The van der Waals surface area contributed by atoms with E-state index < -0.39 is 0 Å². The Labute approximate surface area is 121 Å². The van der Waals surface area contributed by atoms with E-state index in [1.807, 2.05) is 44.1 Å². The van der Waals surface area contributed by atoms with E-state index in [-0.39, 0.29) is 5.43 Å². The first kappa shape index (κ1) is 13.0. The molecule has 0 saturated carbocycles. The fourth-order valence-corrected chi connectivity index (χ4v) is 2.88. The first-order valence-electron chi connectivity index (χ1n) is 6.41. The molecule has 0 amide bonds. The summed E-state index contributed by atoms with van der Waals surface area (Å²) in [5.74, 6) is 0. The number of halogens is 1. The average Bonchev–Trinajstić information content (AvgIpc) is 2.37. The molecule has 1 heterocycles. The number of benzene rings is 2. The van der Waals surface area contributed by atoms with Gasteiger partial charge in [0.25, 0.3) is 0 Å². The molecule has 0 atom stereocenters. The highest BCUT2D eigenvalue weighted by Crippen LogP contribution is 2.31. The number of pyridine rings is 1. The van der Waals surface area contributed by atoms with Crippen molar-refractivity contribution in [2.45, 2.75) is 6.92 Å². The van der Waals surface area contributed by atoms with Crippen LogP contribution in [0.3, 0.4) is 0 Å². The number of nitrogens with one attached hydrogen (secondary N) is 1. The fraction of sp³-hybridized carbons (Fsp3) is 0.188. The van der Waals surface area contributed by atoms with Gasteiger partial charge in [0, 0.05) is 24.9 Å². The zero-order valence-corrected chi connectivity index (χ0v) is 12.4. The molecule has 3 aromatic rings. The van der Waals surface area contributed by atoms with Crippen LogP contribution >= 0.6 is 11.6 Å². The van der Waals surface area contributed by atoms with Crippen molar-refractivity contribution in [3.63, 3.8) is 0 Å². The molecule has 0 aliphatic carbocycles. The predicted molar refractivity (Wildman–Crippen MR) is 86.1 cm³/mol. The summed E-state index contributed by atoms with van der Waals surface area (Å²) in [7, 11) is 3.83. The Hall–Kier alpha value is -2.00. The van der Waals surface area contributed by atoms with E-state index in [2.05, 4.69) is 4.98 Å². The van der Waals surface area contributed by atoms with E-state index in [0.717, 1.165) is 22.3 Å². The van der Waals surface area contributed by atoms with Gasteiger partial charge in [-0.2, -0.15) is 0 Å². The molecule has 0 unspecified atom stereocenters. The van der Waals surface area contributed by atoms with Gasteiger partial charge in [0.2, 0.25) is 0 Å². The predicted octanol–water partition coefficient (Wildman–Crippen LogP) is 3.71. The number of hydrogen-bond donors (Lipinski definition) is 1. The molecule has 0 aliphatic rings. The number of hydrogen-bond acceptors (Lipinski definition) is 2. The molecule has 3 nitrogen and oxygen atoms in total. The average molecular weight is 287 g/mol. The zero-order valence-electron chi connectivity index (χ0n) is 11.6. The van der Waals surface area contributed by atoms with Gasteiger partial charge in [-0.05, 0) is 36.8 Å². The minimum Gasteiger partial charge on any atom is -0.375 e. The minimum absolute atomic E-state index is 0.0357. The van der Waals surface area contributed by atoms with Crippen molar-refractivity contribution in [1.82, 2.24) is 4.98 Å². The van der Waals surface area contributed by atoms with Crippen LogP contribution in [0.2, 0.25) is 5.02 Å². The van der Waals surface area contributed by atoms with Crippen LogP contribution < -0.4 is 10.3 Å². The van der Waals surface area contributed by atoms with Crippen LogP contribution in [0.4, 0.5) is 5.69 Å². The third-order valence-electron chi connectivity index (χ3n) is 3.50. The lowest BCUT2D eigenvalue weighted by molar-refractivity contribution is 1.14. The summed E-state index contributed by atoms with van der Waals surface area (Å²) < 4.78 is 0. The normalized spacial score (nSPS) is 11.2. The molecular weight excluding hydrogens is 272 g/mol. The number of fused-ring (bicyclic) bond motifs is 2. The van der Waals surface area contributed by atoms with Gasteiger partial charge in [0.1, 0.15) is 0 Å². The molecule has 102 valence electrons. The topological polar surface area (TPSA) is 36.1 Å². The molecule has 1 N–H and O–H groups in total. The maximum absolute atomic E-state index is 12.6. The van der Waals surface area contributed by atoms with Crippen molar-refractivity contribution in [3.8, 4) is 0 Å². The lowest BCUT2D eigenvalue weighted by atomic mass is 10.1. The molecule has 4 heteroatoms. The molecule has 0 aliphatic heterocycles. The van der Waals surface area contributed by atoms with Crippen LogP contribution in [0.5, 0.6) is 0 Å². The van der Waals surface area contributed by atoms with Crippen LogP contribution in [-0.4, -0.2) is 19.1 Å². The van der Waals surface area contributed by atoms with Gasteiger partial charge in [-0.1, -0.05) is 17.7 Å². The van der Waals surface area contributed by atoms with Crippen molar-refractivity contribution in [3.05, 3.63) is 51.1 Å². The Balaban J connectivity index is 2.57. The Kier molecular flexibility index (Phi) is 2.94. The van der Waals surface area contributed by atoms with E-state index in [0.29, 0.717) is 15.8 Å². The van der Waals surface area contributed by atoms with E-state index in [1.54, 1.807) is 12.1 Å². The summed E-state index contributed by atoms with van der Waals surface area (Å²) in [4.78, 5) is 17.9. The highest BCUT2D eigenvalue weighted by molar-refractivity contribution is 6.34. The summed E-state index contributed by atoms with van der Waals surface area (Å²) in [6, 6.07) is 9.35. The van der Waals surface area contributed by atoms with Gasteiger partial charge >= 0.3 is 0 Å². The third kappa shape index (κ3) is 1.86. The van der Waals surface area contributed by atoms with Crippen LogP contribution in [0.25, 0.3) is 21.8 Å². The summed E-state index contributed by atoms with van der Waals surface area (Å²) in [5, 5.41) is 2.00. The van der Waals surface area contributed by atoms with Gasteiger partial charge < -0.3 is 9.88 Å². The summed E-state index contributed by atoms with van der Waals surface area (Å²) >= 11 is 6.27. The fourth-order valence-electron chi connectivity index (χ4n) is 2.56. The van der Waals surface area contributed by atoms with Gasteiger partial charge in [-0.15, -0.1) is 0 Å². The molecule has 0 saturated heterocycles. The Bertz CT molecular complexity index is 881. The monoisotopic (exact) mass is 286 g/mol. The van der Waals surface area contributed by atoms with Crippen molar-refractivity contribution >= 4 is 39.1 Å². The number of aromatic nitrogens is 1. The quantitative estimate of drug-likeness (QED) is 0.692. The second kappa shape index (κ2) is 4.53. The van der Waals surface area contributed by atoms with E-state index in [4.69, 9.17) is 11.6 Å². The van der Waals surface area contributed by atoms with Crippen molar-refractivity contribution in [1.29, 1.82) is 0 Å². The van der Waals surface area contributed by atoms with Crippen LogP contribution in [0, 0.1) is 6.92 Å². The molecule has 3 rings (SSSR count). The molecule has 0 bridgehead atoms. The SMILES string of the molecule is Cc1ccc2c(=O)c3ccc(Cl)c(N(C)C)c3[nH]c2c1. The van der Waals surface area contributed by atoms with Crippen LogP contribution in [-0.2, 0) is 0 Å². The van der Waals surface area contributed by atoms with Crippen LogP contribution in [0.15, 0.2) is 35.1 Å². The maximum atomic E-state index is 12.6. The number of nitrogens with zero attached hydrogens (tertiary/aromatic N) is 1. The zero-order chi connectivity index (χ0) is 14.4. The van der Waals surface area contributed by atoms with Gasteiger partial charge in [-0.3, -0.25) is 4.79 Å². The third-order valence-corrected chi connectivity index (χ3v) is 3.80. The number of aryl methyl sites for hydroxylation is 1. The first-order valence-corrected chi connectivity index (χ1v) is 6.79. The van der Waals surface area contributed by atoms with Crippen molar-refractivity contribution in [2.24, 2.45) is 0 Å². The molecule has 20 heavy (non-hydrogen) atoms.